The summed E-state index contributed by atoms with van der Waals surface area (Å²) >= 11 is 0. The Balaban J connectivity index is 1.08. The van der Waals surface area contributed by atoms with Gasteiger partial charge in [0.25, 0.3) is 11.6 Å². The van der Waals surface area contributed by atoms with Crippen molar-refractivity contribution in [1.29, 1.82) is 0 Å². The first-order valence-corrected chi connectivity index (χ1v) is 24.9. The van der Waals surface area contributed by atoms with E-state index in [1.165, 1.54) is 17.1 Å². The van der Waals surface area contributed by atoms with Crippen LogP contribution in [0.5, 0.6) is 5.75 Å². The number of hydrazone groups is 1. The SMILES string of the molecule is COc1ccc([Si](C)(C)[C@@H]2[C@@H](CC(=O)N3Cc4ccccc4C[C@H]3CO)O[C@]3(C(=O)N(Cc4ccc(N5N=C(c6ccccc6)CCC5=O)cc4)c4ccc([N+](=O)[O-])cc43)[C@H]2C)cc1. The van der Waals surface area contributed by atoms with E-state index in [9.17, 15) is 24.8 Å². The lowest BCUT2D eigenvalue weighted by atomic mass is 9.82. The molecule has 0 radical (unpaired) electrons. The molecule has 14 heteroatoms. The zero-order valence-electron chi connectivity index (χ0n) is 36.3. The average molecular weight is 878 g/mol. The highest BCUT2D eigenvalue weighted by Gasteiger charge is 2.67. The summed E-state index contributed by atoms with van der Waals surface area (Å²) in [5, 5.41) is 30.1. The highest BCUT2D eigenvalue weighted by molar-refractivity contribution is 6.91. The number of nitro groups is 1. The highest BCUT2D eigenvalue weighted by Crippen LogP contribution is 2.60. The number of aliphatic hydroxyl groups excluding tert-OH is 1. The van der Waals surface area contributed by atoms with Gasteiger partial charge < -0.3 is 24.4 Å². The first-order chi connectivity index (χ1) is 30.8. The molecule has 64 heavy (non-hydrogen) atoms. The molecule has 0 saturated carbocycles. The van der Waals surface area contributed by atoms with E-state index in [1.54, 1.807) is 23.0 Å². The van der Waals surface area contributed by atoms with Gasteiger partial charge in [-0.3, -0.25) is 24.5 Å². The van der Waals surface area contributed by atoms with Crippen molar-refractivity contribution in [3.8, 4) is 5.75 Å². The zero-order chi connectivity index (χ0) is 44.9. The lowest BCUT2D eigenvalue weighted by Gasteiger charge is -2.39. The van der Waals surface area contributed by atoms with Crippen LogP contribution in [0.25, 0.3) is 0 Å². The fraction of sp³-hybridized carbons (Fsp3) is 0.320. The number of nitro benzene ring substituents is 1. The molecule has 0 aliphatic carbocycles. The molecule has 9 rings (SSSR count). The largest absolute Gasteiger partial charge is 0.497 e. The molecule has 1 saturated heterocycles. The molecular formula is C50H51N5O8Si. The Morgan fingerprint density at radius 2 is 1.64 bits per heavy atom. The van der Waals surface area contributed by atoms with Crippen molar-refractivity contribution in [2.75, 3.05) is 23.6 Å². The Labute approximate surface area is 373 Å². The van der Waals surface area contributed by atoms with Gasteiger partial charge in [0, 0.05) is 43.0 Å². The molecule has 5 aromatic carbocycles. The van der Waals surface area contributed by atoms with Crippen molar-refractivity contribution >= 4 is 53.8 Å². The molecule has 13 nitrogen and oxygen atoms in total. The van der Waals surface area contributed by atoms with Gasteiger partial charge in [-0.2, -0.15) is 5.10 Å². The fourth-order valence-electron chi connectivity index (χ4n) is 10.6. The molecule has 1 N–H and O–H groups in total. The Hall–Kier alpha value is -6.48. The number of anilines is 2. The van der Waals surface area contributed by atoms with Crippen LogP contribution in [-0.4, -0.2) is 72.3 Å². The molecule has 4 aliphatic rings. The zero-order valence-corrected chi connectivity index (χ0v) is 37.3. The molecule has 1 fully saturated rings. The number of amides is 3. The van der Waals surface area contributed by atoms with Gasteiger partial charge in [-0.25, -0.2) is 5.01 Å². The molecule has 4 aliphatic heterocycles. The standard InChI is InChI=1S/C50H51N5O8Si/c1-32-48(64(3,4)41-21-19-40(62-2)20-22-41)45(28-47(58)52-30-36-13-9-8-12-35(36)26-39(52)31-56)63-50(32)42-27-38(55(60)61)18-24-44(42)53(49(50)59)29-33-14-16-37(17-15-33)54-46(57)25-23-43(51-54)34-10-6-5-7-11-34/h5-22,24,27,32,39,45,48,56H,23,25-26,28-31H2,1-4H3/t32-,39-,45+,48-,50+/m0/s1. The molecule has 4 heterocycles. The van der Waals surface area contributed by atoms with E-state index in [2.05, 4.69) is 13.1 Å². The van der Waals surface area contributed by atoms with Crippen molar-refractivity contribution in [2.24, 2.45) is 11.0 Å². The van der Waals surface area contributed by atoms with Gasteiger partial charge in [-0.05, 0) is 64.5 Å². The third kappa shape index (κ3) is 7.38. The average Bonchev–Trinajstić information content (AvgIpc) is 3.74. The van der Waals surface area contributed by atoms with E-state index in [1.807, 2.05) is 110 Å². The van der Waals surface area contributed by atoms with Crippen molar-refractivity contribution in [2.45, 2.75) is 82.1 Å². The number of non-ortho nitro benzene ring substituents is 1. The number of ether oxygens (including phenoxy) is 2. The van der Waals surface area contributed by atoms with Crippen LogP contribution in [-0.2, 0) is 44.2 Å². The van der Waals surface area contributed by atoms with E-state index in [-0.39, 0.29) is 48.5 Å². The summed E-state index contributed by atoms with van der Waals surface area (Å²) in [6.07, 6.45) is 0.578. The second-order valence-corrected chi connectivity index (χ2v) is 22.5. The maximum Gasteiger partial charge on any atom is 0.269 e. The third-order valence-corrected chi connectivity index (χ3v) is 18.3. The van der Waals surface area contributed by atoms with Gasteiger partial charge in [-0.1, -0.05) is 104 Å². The third-order valence-electron chi connectivity index (χ3n) is 14.0. The number of methoxy groups -OCH3 is 1. The van der Waals surface area contributed by atoms with Crippen LogP contribution in [0.2, 0.25) is 18.6 Å². The first kappa shape index (κ1) is 42.8. The first-order valence-electron chi connectivity index (χ1n) is 21.8. The van der Waals surface area contributed by atoms with Gasteiger partial charge in [0.1, 0.15) is 5.75 Å². The molecular weight excluding hydrogens is 827 g/mol. The molecule has 5 aromatic rings. The van der Waals surface area contributed by atoms with Gasteiger partial charge in [0.2, 0.25) is 11.8 Å². The van der Waals surface area contributed by atoms with Crippen molar-refractivity contribution in [1.82, 2.24) is 4.90 Å². The van der Waals surface area contributed by atoms with Crippen molar-refractivity contribution < 1.29 is 33.9 Å². The maximum absolute atomic E-state index is 15.5. The molecule has 328 valence electrons. The Morgan fingerprint density at radius 3 is 2.33 bits per heavy atom. The molecule has 0 aromatic heterocycles. The second kappa shape index (κ2) is 16.9. The van der Waals surface area contributed by atoms with Crippen molar-refractivity contribution in [3.63, 3.8) is 0 Å². The molecule has 1 spiro atoms. The van der Waals surface area contributed by atoms with Crippen LogP contribution in [0.1, 0.15) is 54.0 Å². The number of hydrogen-bond acceptors (Lipinski definition) is 9. The van der Waals surface area contributed by atoms with E-state index in [4.69, 9.17) is 14.6 Å². The number of nitrogens with zero attached hydrogens (tertiary/aromatic N) is 5. The molecule has 0 bridgehead atoms. The number of benzene rings is 5. The normalized spacial score (nSPS) is 23.0. The lowest BCUT2D eigenvalue weighted by molar-refractivity contribution is -0.385. The smallest absolute Gasteiger partial charge is 0.269 e. The van der Waals surface area contributed by atoms with Gasteiger partial charge >= 0.3 is 0 Å². The minimum Gasteiger partial charge on any atom is -0.497 e. The van der Waals surface area contributed by atoms with Crippen LogP contribution in [0.3, 0.4) is 0 Å². The lowest BCUT2D eigenvalue weighted by Crippen LogP contribution is -2.52. The van der Waals surface area contributed by atoms with E-state index in [0.717, 1.165) is 33.2 Å². The summed E-state index contributed by atoms with van der Waals surface area (Å²) in [7, 11) is -1.07. The Kier molecular flexibility index (Phi) is 11.3. The molecule has 0 unspecified atom stereocenters. The maximum atomic E-state index is 15.5. The number of carbonyl (C=O) groups is 3. The summed E-state index contributed by atoms with van der Waals surface area (Å²) in [5.74, 6) is -0.486. The second-order valence-electron chi connectivity index (χ2n) is 17.8. The number of fused-ring (bicyclic) bond motifs is 3. The van der Waals surface area contributed by atoms with Gasteiger partial charge in [-0.15, -0.1) is 0 Å². The minimum absolute atomic E-state index is 0.0509. The predicted molar refractivity (Wildman–Crippen MR) is 246 cm³/mol. The molecule has 5 atom stereocenters. The monoisotopic (exact) mass is 877 g/mol. The van der Waals surface area contributed by atoms with Crippen LogP contribution >= 0.6 is 0 Å². The fourth-order valence-corrected chi connectivity index (χ4v) is 14.6. The Bertz CT molecular complexity index is 2660. The number of hydrogen-bond donors (Lipinski definition) is 1. The van der Waals surface area contributed by atoms with Crippen molar-refractivity contribution in [3.05, 3.63) is 159 Å². The number of aliphatic hydroxyl groups is 1. The number of carbonyl (C=O) groups excluding carboxylic acids is 3. The van der Waals surface area contributed by atoms with E-state index in [0.29, 0.717) is 48.5 Å². The summed E-state index contributed by atoms with van der Waals surface area (Å²) in [6, 6.07) is 37.0. The topological polar surface area (TPSA) is 155 Å². The molecule has 3 amide bonds. The quantitative estimate of drug-likeness (QED) is 0.0828. The van der Waals surface area contributed by atoms with Crippen LogP contribution in [0, 0.1) is 16.0 Å². The highest BCUT2D eigenvalue weighted by atomic mass is 28.3. The number of rotatable bonds is 11. The summed E-state index contributed by atoms with van der Waals surface area (Å²) in [6.45, 7) is 6.67. The van der Waals surface area contributed by atoms with E-state index >= 15 is 4.79 Å². The van der Waals surface area contributed by atoms with Crippen LogP contribution in [0.4, 0.5) is 17.1 Å². The predicted octanol–water partition coefficient (Wildman–Crippen LogP) is 7.23. The minimum atomic E-state index is -2.69. The van der Waals surface area contributed by atoms with Gasteiger partial charge in [0.05, 0.1) is 68.9 Å². The van der Waals surface area contributed by atoms with E-state index < -0.39 is 36.7 Å². The van der Waals surface area contributed by atoms with Gasteiger partial charge in [0.15, 0.2) is 5.60 Å². The summed E-state index contributed by atoms with van der Waals surface area (Å²) in [4.78, 5) is 58.6. The Morgan fingerprint density at radius 1 is 0.938 bits per heavy atom. The summed E-state index contributed by atoms with van der Waals surface area (Å²) in [5.41, 5.74) is 4.01. The van der Waals surface area contributed by atoms with Crippen LogP contribution in [0.15, 0.2) is 126 Å². The van der Waals surface area contributed by atoms with Crippen LogP contribution < -0.4 is 19.8 Å². The summed E-state index contributed by atoms with van der Waals surface area (Å²) < 4.78 is 12.7.